The van der Waals surface area contributed by atoms with Crippen LogP contribution in [-0.2, 0) is 34.4 Å². The molecule has 0 aromatic heterocycles. The number of amides is 1. The van der Waals surface area contributed by atoms with E-state index >= 15 is 0 Å². The summed E-state index contributed by atoms with van der Waals surface area (Å²) in [6.45, 7) is 3.50. The summed E-state index contributed by atoms with van der Waals surface area (Å²) < 4.78 is 25.6. The molecule has 3 aliphatic rings. The highest BCUT2D eigenvalue weighted by Crippen LogP contribution is 2.62. The zero-order valence-electron chi connectivity index (χ0n) is 28.3. The van der Waals surface area contributed by atoms with Gasteiger partial charge < -0.3 is 45.4 Å². The van der Waals surface area contributed by atoms with Crippen LogP contribution in [0.4, 0.5) is 11.4 Å². The van der Waals surface area contributed by atoms with Gasteiger partial charge in [0.2, 0.25) is 5.78 Å². The maximum atomic E-state index is 14.3. The second-order valence-electron chi connectivity index (χ2n) is 12.8. The molecule has 49 heavy (non-hydrogen) atoms. The number of carbonyl (C=O) groups excluding carboxylic acids is 3. The minimum Gasteiger partial charge on any atom is -0.508 e. The first-order valence-electron chi connectivity index (χ1n) is 16.0. The smallest absolute Gasteiger partial charge is 0.357 e. The Morgan fingerprint density at radius 3 is 2.22 bits per heavy atom. The van der Waals surface area contributed by atoms with Gasteiger partial charge in [0.1, 0.15) is 22.8 Å². The summed E-state index contributed by atoms with van der Waals surface area (Å²) in [4.78, 5) is 43.2. The second-order valence-corrected chi connectivity index (χ2v) is 14.9. The molecule has 1 saturated carbocycles. The Labute approximate surface area is 284 Å². The molecule has 0 bridgehead atoms. The highest BCUT2D eigenvalue weighted by Gasteiger charge is 2.64. The average molecular weight is 699 g/mol. The summed E-state index contributed by atoms with van der Waals surface area (Å²) in [6, 6.07) is 9.18. The van der Waals surface area contributed by atoms with Crippen molar-refractivity contribution in [2.45, 2.75) is 44.1 Å². The van der Waals surface area contributed by atoms with Gasteiger partial charge in [-0.1, -0.05) is 30.3 Å². The Morgan fingerprint density at radius 2 is 1.69 bits per heavy atom. The average Bonchev–Trinajstić information content (AvgIpc) is 3.02. The molecule has 7 N–H and O–H groups in total. The topological polar surface area (TPSA) is 212 Å². The first kappa shape index (κ1) is 36.1. The monoisotopic (exact) mass is 698 g/mol. The van der Waals surface area contributed by atoms with Gasteiger partial charge in [0.05, 0.1) is 30.5 Å². The van der Waals surface area contributed by atoms with Crippen LogP contribution in [0.1, 0.15) is 42.7 Å². The molecular weight excluding hydrogens is 655 g/mol. The SMILES string of the molecule is CCOP(=O)(OCC)C(Nc1cc(N(C)C)c2c(c1O)C(O)=C1C(=O)[C@]3(O)C(O)=C(C(N)=O)C(=O)[C@@H](N(C)C)[C@@H]3C[C@@H]1C2)c1ccccc1. The number of hydrogen-bond acceptors (Lipinski definition) is 13. The van der Waals surface area contributed by atoms with Crippen LogP contribution in [0.25, 0.3) is 5.76 Å². The first-order chi connectivity index (χ1) is 23.0. The van der Waals surface area contributed by atoms with Crippen LogP contribution in [0.2, 0.25) is 0 Å². The summed E-state index contributed by atoms with van der Waals surface area (Å²) in [7, 11) is 2.69. The first-order valence-corrected chi connectivity index (χ1v) is 17.6. The Bertz CT molecular complexity index is 1800. The van der Waals surface area contributed by atoms with Crippen molar-refractivity contribution >= 4 is 42.2 Å². The summed E-state index contributed by atoms with van der Waals surface area (Å²) in [5, 5.41) is 49.9. The molecule has 1 fully saturated rings. The minimum atomic E-state index is -3.92. The number of primary amides is 1. The summed E-state index contributed by atoms with van der Waals surface area (Å²) >= 11 is 0. The van der Waals surface area contributed by atoms with Crippen LogP contribution < -0.4 is 16.0 Å². The molecule has 2 aromatic rings. The van der Waals surface area contributed by atoms with E-state index in [9.17, 15) is 39.4 Å². The molecular formula is C34H43N4O10P. The number of ketones is 2. The maximum absolute atomic E-state index is 14.3. The van der Waals surface area contributed by atoms with Crippen LogP contribution >= 0.6 is 7.60 Å². The predicted octanol–water partition coefficient (Wildman–Crippen LogP) is 3.41. The molecule has 1 unspecified atom stereocenters. The number of aliphatic hydroxyl groups is 3. The molecule has 5 rings (SSSR count). The van der Waals surface area contributed by atoms with Gasteiger partial charge in [-0.3, -0.25) is 23.8 Å². The van der Waals surface area contributed by atoms with Gasteiger partial charge in [-0.25, -0.2) is 0 Å². The Balaban J connectivity index is 1.72. The van der Waals surface area contributed by atoms with E-state index in [1.54, 1.807) is 83.3 Å². The number of anilines is 2. The number of nitrogens with two attached hydrogens (primary N) is 1. The standard InChI is InChI=1S/C34H43N4O10P/c1-7-47-49(46,48-8-2)33(17-12-10-9-11-13-17)36-21-16-22(37(3)4)19-14-18-15-20-26(38(5)6)29(41)25(32(35)44)31(43)34(20,45)30(42)23(18)28(40)24(19)27(21)39/h9-13,16,18,20,26,33,36,39-40,43,45H,7-8,14-15H2,1-6H3,(H2,35,44)/t18-,20-,26-,33?,34-/m0/s1. The fraction of sp³-hybridized carbons (Fsp3) is 0.441. The van der Waals surface area contributed by atoms with Crippen molar-refractivity contribution in [3.8, 4) is 5.75 Å². The number of Topliss-reactive ketones (excluding diaryl/α,β-unsaturated/α-hetero) is 2. The lowest BCUT2D eigenvalue weighted by Gasteiger charge is -2.50. The van der Waals surface area contributed by atoms with Crippen molar-refractivity contribution < 1.29 is 48.4 Å². The molecule has 2 aromatic carbocycles. The molecule has 0 saturated heterocycles. The van der Waals surface area contributed by atoms with E-state index < -0.39 is 77.2 Å². The molecule has 0 spiro atoms. The Hall–Kier alpha value is -4.20. The number of rotatable bonds is 11. The van der Waals surface area contributed by atoms with Gasteiger partial charge in [-0.15, -0.1) is 0 Å². The Kier molecular flexibility index (Phi) is 9.76. The van der Waals surface area contributed by atoms with E-state index in [1.807, 2.05) is 0 Å². The number of aliphatic hydroxyl groups excluding tert-OH is 2. The lowest BCUT2D eigenvalue weighted by atomic mass is 9.57. The number of phenols is 1. The van der Waals surface area contributed by atoms with Crippen LogP contribution in [-0.4, -0.2) is 95.8 Å². The van der Waals surface area contributed by atoms with Gasteiger partial charge in [0.25, 0.3) is 5.91 Å². The van der Waals surface area contributed by atoms with Crippen molar-refractivity contribution in [2.75, 3.05) is 51.6 Å². The summed E-state index contributed by atoms with van der Waals surface area (Å²) in [5.41, 5.74) is 2.99. The fourth-order valence-corrected chi connectivity index (χ4v) is 9.40. The number of carbonyl (C=O) groups is 3. The fourth-order valence-electron chi connectivity index (χ4n) is 7.47. The summed E-state index contributed by atoms with van der Waals surface area (Å²) in [5.74, 6) is -8.57. The van der Waals surface area contributed by atoms with Crippen LogP contribution in [0, 0.1) is 11.8 Å². The third-order valence-electron chi connectivity index (χ3n) is 9.52. The number of fused-ring (bicyclic) bond motifs is 3. The van der Waals surface area contributed by atoms with E-state index in [2.05, 4.69) is 5.32 Å². The van der Waals surface area contributed by atoms with E-state index in [-0.39, 0.29) is 42.9 Å². The number of hydrogen-bond donors (Lipinski definition) is 6. The highest BCUT2D eigenvalue weighted by atomic mass is 31.2. The van der Waals surface area contributed by atoms with Gasteiger partial charge in [-0.2, -0.15) is 0 Å². The second kappa shape index (κ2) is 13.3. The Morgan fingerprint density at radius 1 is 1.08 bits per heavy atom. The van der Waals surface area contributed by atoms with Crippen LogP contribution in [0.5, 0.6) is 5.75 Å². The van der Waals surface area contributed by atoms with Gasteiger partial charge in [0, 0.05) is 31.3 Å². The number of likely N-dealkylation sites (N-methyl/N-ethyl adjacent to an activating group) is 1. The number of benzene rings is 2. The third-order valence-corrected chi connectivity index (χ3v) is 11.8. The van der Waals surface area contributed by atoms with Gasteiger partial charge in [0.15, 0.2) is 17.2 Å². The third kappa shape index (κ3) is 5.71. The predicted molar refractivity (Wildman–Crippen MR) is 182 cm³/mol. The molecule has 0 radical (unpaired) electrons. The molecule has 0 aliphatic heterocycles. The van der Waals surface area contributed by atoms with Crippen LogP contribution in [0.15, 0.2) is 53.3 Å². The molecule has 14 nitrogen and oxygen atoms in total. The lowest BCUT2D eigenvalue weighted by Crippen LogP contribution is -2.65. The summed E-state index contributed by atoms with van der Waals surface area (Å²) in [6.07, 6.45) is 0.0652. The van der Waals surface area contributed by atoms with Crippen molar-refractivity contribution in [3.63, 3.8) is 0 Å². The van der Waals surface area contributed by atoms with E-state index in [0.29, 0.717) is 16.8 Å². The van der Waals surface area contributed by atoms with Crippen molar-refractivity contribution in [3.05, 3.63) is 70.0 Å². The van der Waals surface area contributed by atoms with Crippen LogP contribution in [0.3, 0.4) is 0 Å². The van der Waals surface area contributed by atoms with Gasteiger partial charge >= 0.3 is 7.60 Å². The highest BCUT2D eigenvalue weighted by molar-refractivity contribution is 7.54. The van der Waals surface area contributed by atoms with E-state index in [1.165, 1.54) is 4.90 Å². The molecule has 264 valence electrons. The molecule has 0 heterocycles. The van der Waals surface area contributed by atoms with Crippen molar-refractivity contribution in [1.29, 1.82) is 0 Å². The molecule has 3 aliphatic carbocycles. The quantitative estimate of drug-likeness (QED) is 0.113. The van der Waals surface area contributed by atoms with Crippen molar-refractivity contribution in [1.82, 2.24) is 4.90 Å². The van der Waals surface area contributed by atoms with Crippen molar-refractivity contribution in [2.24, 2.45) is 17.6 Å². The maximum Gasteiger partial charge on any atom is 0.357 e. The molecule has 1 amide bonds. The lowest BCUT2D eigenvalue weighted by molar-refractivity contribution is -0.153. The zero-order valence-corrected chi connectivity index (χ0v) is 29.2. The van der Waals surface area contributed by atoms with E-state index in [4.69, 9.17) is 14.8 Å². The largest absolute Gasteiger partial charge is 0.508 e. The number of phenolic OH excluding ortho intramolecular Hbond substituents is 1. The van der Waals surface area contributed by atoms with Gasteiger partial charge in [-0.05, 0) is 63.9 Å². The minimum absolute atomic E-state index is 0.0380. The molecule has 15 heteroatoms. The van der Waals surface area contributed by atoms with E-state index in [0.717, 1.165) is 0 Å². The molecule has 5 atom stereocenters. The normalized spacial score (nSPS) is 24.4. The number of nitrogens with one attached hydrogen (secondary N) is 1. The number of aromatic hydroxyl groups is 1. The zero-order chi connectivity index (χ0) is 36.2. The number of nitrogens with zero attached hydrogens (tertiary/aromatic N) is 2.